The van der Waals surface area contributed by atoms with Crippen molar-refractivity contribution >= 4 is 5.95 Å². The van der Waals surface area contributed by atoms with Crippen LogP contribution in [0.5, 0.6) is 0 Å². The summed E-state index contributed by atoms with van der Waals surface area (Å²) in [7, 11) is 1.98. The van der Waals surface area contributed by atoms with Crippen molar-refractivity contribution in [2.24, 2.45) is 7.05 Å². The van der Waals surface area contributed by atoms with Crippen molar-refractivity contribution in [3.05, 3.63) is 23.5 Å². The predicted octanol–water partition coefficient (Wildman–Crippen LogP) is 1.96. The van der Waals surface area contributed by atoms with Gasteiger partial charge in [0, 0.05) is 37.1 Å². The first-order chi connectivity index (χ1) is 9.74. The van der Waals surface area contributed by atoms with Crippen LogP contribution in [0.1, 0.15) is 31.0 Å². The molecule has 1 saturated heterocycles. The van der Waals surface area contributed by atoms with Crippen LogP contribution in [0.15, 0.2) is 12.3 Å². The lowest BCUT2D eigenvalue weighted by Gasteiger charge is -2.39. The molecule has 0 N–H and O–H groups in total. The Morgan fingerprint density at radius 2 is 2.15 bits per heavy atom. The molecule has 5 heteroatoms. The molecule has 0 unspecified atom stereocenters. The third kappa shape index (κ3) is 1.65. The lowest BCUT2D eigenvalue weighted by atomic mass is 10.1. The van der Waals surface area contributed by atoms with Crippen molar-refractivity contribution in [2.45, 2.75) is 38.6 Å². The summed E-state index contributed by atoms with van der Waals surface area (Å²) in [5.41, 5.74) is 4.75. The van der Waals surface area contributed by atoms with E-state index in [9.17, 15) is 0 Å². The number of anilines is 1. The van der Waals surface area contributed by atoms with E-state index in [0.717, 1.165) is 36.7 Å². The highest BCUT2D eigenvalue weighted by Gasteiger charge is 2.29. The highest BCUT2D eigenvalue weighted by Crippen LogP contribution is 2.33. The van der Waals surface area contributed by atoms with Gasteiger partial charge in [-0.1, -0.05) is 0 Å². The number of nitrogens with zero attached hydrogens (tertiary/aromatic N) is 5. The smallest absolute Gasteiger partial charge is 0.226 e. The molecular formula is C15H19N5. The van der Waals surface area contributed by atoms with E-state index in [1.54, 1.807) is 0 Å². The van der Waals surface area contributed by atoms with E-state index in [-0.39, 0.29) is 0 Å². The van der Waals surface area contributed by atoms with Gasteiger partial charge in [0.15, 0.2) is 0 Å². The molecule has 0 bridgehead atoms. The molecule has 1 aliphatic heterocycles. The van der Waals surface area contributed by atoms with Gasteiger partial charge in [-0.3, -0.25) is 4.68 Å². The minimum absolute atomic E-state index is 0.564. The highest BCUT2D eigenvalue weighted by atomic mass is 15.3. The molecule has 4 rings (SSSR count). The van der Waals surface area contributed by atoms with Crippen LogP contribution in [0.3, 0.4) is 0 Å². The minimum Gasteiger partial charge on any atom is -0.338 e. The number of hydrogen-bond donors (Lipinski definition) is 0. The zero-order valence-electron chi connectivity index (χ0n) is 12.0. The molecule has 1 fully saturated rings. The van der Waals surface area contributed by atoms with E-state index < -0.39 is 0 Å². The van der Waals surface area contributed by atoms with Crippen LogP contribution in [0.4, 0.5) is 5.95 Å². The summed E-state index contributed by atoms with van der Waals surface area (Å²) in [6.45, 7) is 3.31. The second-order valence-corrected chi connectivity index (χ2v) is 5.82. The fourth-order valence-corrected chi connectivity index (χ4v) is 3.18. The molecule has 20 heavy (non-hydrogen) atoms. The van der Waals surface area contributed by atoms with Gasteiger partial charge in [-0.2, -0.15) is 5.10 Å². The largest absolute Gasteiger partial charge is 0.338 e. The molecule has 3 heterocycles. The van der Waals surface area contributed by atoms with Crippen molar-refractivity contribution in [1.82, 2.24) is 19.7 Å². The van der Waals surface area contributed by atoms with Crippen molar-refractivity contribution in [1.29, 1.82) is 0 Å². The number of rotatable bonds is 2. The molecule has 0 spiro atoms. The normalized spacial score (nSPS) is 20.9. The summed E-state index contributed by atoms with van der Waals surface area (Å²) in [5, 5.41) is 4.28. The second kappa shape index (κ2) is 4.30. The lowest BCUT2D eigenvalue weighted by Crippen LogP contribution is -2.46. The molecule has 104 valence electrons. The Balaban J connectivity index is 1.87. The first kappa shape index (κ1) is 11.9. The fourth-order valence-electron chi connectivity index (χ4n) is 3.18. The van der Waals surface area contributed by atoms with E-state index in [4.69, 9.17) is 9.97 Å². The van der Waals surface area contributed by atoms with Crippen LogP contribution in [-0.2, 0) is 19.9 Å². The first-order valence-corrected chi connectivity index (χ1v) is 7.39. The van der Waals surface area contributed by atoms with Gasteiger partial charge < -0.3 is 4.90 Å². The van der Waals surface area contributed by atoms with Crippen molar-refractivity contribution in [3.8, 4) is 11.4 Å². The Morgan fingerprint density at radius 3 is 2.80 bits per heavy atom. The molecule has 1 aliphatic carbocycles. The van der Waals surface area contributed by atoms with Crippen LogP contribution < -0.4 is 4.90 Å². The van der Waals surface area contributed by atoms with Gasteiger partial charge in [-0.25, -0.2) is 9.97 Å². The summed E-state index contributed by atoms with van der Waals surface area (Å²) in [6.07, 6.45) is 6.43. The van der Waals surface area contributed by atoms with Gasteiger partial charge in [-0.15, -0.1) is 0 Å². The molecule has 0 saturated carbocycles. The standard InChI is InChI=1S/C15H19N5/c1-10-7-9-20(10)15-17-12-5-3-4-11(12)14(18-15)13-6-8-16-19(13)2/h6,8,10H,3-5,7,9H2,1-2H3/t10-/m0/s1. The van der Waals surface area contributed by atoms with Gasteiger partial charge in [0.2, 0.25) is 5.95 Å². The van der Waals surface area contributed by atoms with Gasteiger partial charge in [0.1, 0.15) is 0 Å². The topological polar surface area (TPSA) is 46.8 Å². The average Bonchev–Trinajstić information content (AvgIpc) is 3.04. The Hall–Kier alpha value is -1.91. The van der Waals surface area contributed by atoms with Crippen molar-refractivity contribution in [2.75, 3.05) is 11.4 Å². The third-order valence-electron chi connectivity index (χ3n) is 4.56. The monoisotopic (exact) mass is 269 g/mol. The number of hydrogen-bond acceptors (Lipinski definition) is 4. The maximum absolute atomic E-state index is 4.87. The molecular weight excluding hydrogens is 250 g/mol. The van der Waals surface area contributed by atoms with Gasteiger partial charge in [0.05, 0.1) is 11.4 Å². The summed E-state index contributed by atoms with van der Waals surface area (Å²) in [5.74, 6) is 0.903. The van der Waals surface area contributed by atoms with E-state index >= 15 is 0 Å². The van der Waals surface area contributed by atoms with E-state index in [1.807, 2.05) is 24.0 Å². The van der Waals surface area contributed by atoms with Crippen molar-refractivity contribution in [3.63, 3.8) is 0 Å². The van der Waals surface area contributed by atoms with Crippen LogP contribution in [0.25, 0.3) is 11.4 Å². The Kier molecular flexibility index (Phi) is 2.55. The summed E-state index contributed by atoms with van der Waals surface area (Å²) in [6, 6.07) is 2.61. The van der Waals surface area contributed by atoms with Gasteiger partial charge in [-0.05, 0) is 38.7 Å². The SMILES string of the molecule is C[C@H]1CCN1c1nc2c(c(-c3ccnn3C)n1)CCC2. The molecule has 0 amide bonds. The van der Waals surface area contributed by atoms with Crippen LogP contribution in [0, 0.1) is 0 Å². The molecule has 2 aromatic heterocycles. The summed E-state index contributed by atoms with van der Waals surface area (Å²) >= 11 is 0. The number of aromatic nitrogens is 4. The maximum Gasteiger partial charge on any atom is 0.226 e. The third-order valence-corrected chi connectivity index (χ3v) is 4.56. The highest BCUT2D eigenvalue weighted by molar-refractivity contribution is 5.63. The maximum atomic E-state index is 4.87. The van der Waals surface area contributed by atoms with Gasteiger partial charge in [0.25, 0.3) is 0 Å². The van der Waals surface area contributed by atoms with Crippen LogP contribution in [0.2, 0.25) is 0 Å². The zero-order valence-corrected chi connectivity index (χ0v) is 12.0. The number of aryl methyl sites for hydroxylation is 2. The number of fused-ring (bicyclic) bond motifs is 1. The minimum atomic E-state index is 0.564. The van der Waals surface area contributed by atoms with E-state index in [2.05, 4.69) is 16.9 Å². The molecule has 5 nitrogen and oxygen atoms in total. The zero-order chi connectivity index (χ0) is 13.7. The molecule has 2 aromatic rings. The summed E-state index contributed by atoms with van der Waals surface area (Å²) < 4.78 is 1.91. The van der Waals surface area contributed by atoms with E-state index in [0.29, 0.717) is 6.04 Å². The van der Waals surface area contributed by atoms with Crippen LogP contribution in [-0.4, -0.2) is 32.3 Å². The van der Waals surface area contributed by atoms with Crippen molar-refractivity contribution < 1.29 is 0 Å². The average molecular weight is 269 g/mol. The summed E-state index contributed by atoms with van der Waals surface area (Å²) in [4.78, 5) is 12.0. The quantitative estimate of drug-likeness (QED) is 0.836. The Bertz CT molecular complexity index is 660. The predicted molar refractivity (Wildman–Crippen MR) is 77.7 cm³/mol. The molecule has 0 radical (unpaired) electrons. The van der Waals surface area contributed by atoms with Gasteiger partial charge >= 0.3 is 0 Å². The lowest BCUT2D eigenvalue weighted by molar-refractivity contribution is 0.470. The van der Waals surface area contributed by atoms with E-state index in [1.165, 1.54) is 24.1 Å². The Labute approximate surface area is 118 Å². The first-order valence-electron chi connectivity index (χ1n) is 7.39. The molecule has 0 aromatic carbocycles. The fraction of sp³-hybridized carbons (Fsp3) is 0.533. The second-order valence-electron chi connectivity index (χ2n) is 5.82. The molecule has 1 atom stereocenters. The molecule has 2 aliphatic rings. The Morgan fingerprint density at radius 1 is 1.25 bits per heavy atom. The van der Waals surface area contributed by atoms with Crippen LogP contribution >= 0.6 is 0 Å².